The topological polar surface area (TPSA) is 77.2 Å². The van der Waals surface area contributed by atoms with E-state index < -0.39 is 0 Å². The van der Waals surface area contributed by atoms with Crippen molar-refractivity contribution >= 4 is 29.2 Å². The quantitative estimate of drug-likeness (QED) is 0.719. The summed E-state index contributed by atoms with van der Waals surface area (Å²) in [6.07, 6.45) is 9.39. The zero-order chi connectivity index (χ0) is 15.6. The number of ether oxygens (including phenoxy) is 1. The molecular formula is C16H25N3O2S. The number of rotatable bonds is 8. The van der Waals surface area contributed by atoms with Gasteiger partial charge in [0.25, 0.3) is 0 Å². The molecule has 0 radical (unpaired) electrons. The number of hydrogen-bond donors (Lipinski definition) is 2. The molecule has 0 spiro atoms. The van der Waals surface area contributed by atoms with Crippen LogP contribution in [0.4, 0.5) is 11.5 Å². The number of aromatic nitrogens is 1. The summed E-state index contributed by atoms with van der Waals surface area (Å²) in [4.78, 5) is 15.8. The fourth-order valence-electron chi connectivity index (χ4n) is 2.47. The van der Waals surface area contributed by atoms with E-state index in [1.54, 1.807) is 23.9 Å². The molecule has 1 aliphatic rings. The molecule has 1 saturated carbocycles. The van der Waals surface area contributed by atoms with Crippen LogP contribution in [0.5, 0.6) is 0 Å². The van der Waals surface area contributed by atoms with Crippen molar-refractivity contribution in [1.82, 2.24) is 4.98 Å². The van der Waals surface area contributed by atoms with Gasteiger partial charge in [-0.05, 0) is 37.1 Å². The van der Waals surface area contributed by atoms with Gasteiger partial charge < -0.3 is 15.8 Å². The monoisotopic (exact) mass is 323 g/mol. The van der Waals surface area contributed by atoms with Gasteiger partial charge in [-0.3, -0.25) is 4.79 Å². The van der Waals surface area contributed by atoms with Gasteiger partial charge in [-0.15, -0.1) is 0 Å². The number of nitrogens with zero attached hydrogens (tertiary/aromatic N) is 1. The maximum atomic E-state index is 11.7. The van der Waals surface area contributed by atoms with Crippen molar-refractivity contribution in [3.05, 3.63) is 18.3 Å². The average Bonchev–Trinajstić information content (AvgIpc) is 2.54. The first-order valence-corrected chi connectivity index (χ1v) is 9.10. The fourth-order valence-corrected chi connectivity index (χ4v) is 3.19. The first-order valence-electron chi connectivity index (χ1n) is 7.95. The molecule has 6 heteroatoms. The molecule has 2 rings (SSSR count). The van der Waals surface area contributed by atoms with Gasteiger partial charge in [-0.25, -0.2) is 4.98 Å². The second kappa shape index (κ2) is 9.69. The minimum absolute atomic E-state index is 0.0320. The van der Waals surface area contributed by atoms with Crippen LogP contribution < -0.4 is 11.1 Å². The standard InChI is InChI=1S/C16H25N3O2S/c17-13-7-8-15(18-11-13)19-16(20)12-22-10-4-9-21-14-5-2-1-3-6-14/h7-8,11,14H,1-6,9-10,12,17H2,(H,18,19,20). The molecule has 122 valence electrons. The van der Waals surface area contributed by atoms with Crippen molar-refractivity contribution in [2.24, 2.45) is 0 Å². The van der Waals surface area contributed by atoms with Crippen LogP contribution in [-0.2, 0) is 9.53 Å². The number of hydrogen-bond acceptors (Lipinski definition) is 5. The van der Waals surface area contributed by atoms with E-state index in [1.165, 1.54) is 38.3 Å². The summed E-state index contributed by atoms with van der Waals surface area (Å²) in [5.74, 6) is 1.89. The molecule has 0 atom stereocenters. The minimum Gasteiger partial charge on any atom is -0.397 e. The largest absolute Gasteiger partial charge is 0.397 e. The van der Waals surface area contributed by atoms with Crippen LogP contribution in [0.1, 0.15) is 38.5 Å². The van der Waals surface area contributed by atoms with Gasteiger partial charge in [-0.2, -0.15) is 11.8 Å². The van der Waals surface area contributed by atoms with Crippen LogP contribution in [0, 0.1) is 0 Å². The van der Waals surface area contributed by atoms with E-state index in [1.807, 2.05) is 0 Å². The highest BCUT2D eigenvalue weighted by Gasteiger charge is 2.13. The van der Waals surface area contributed by atoms with E-state index in [-0.39, 0.29) is 5.91 Å². The number of thioether (sulfide) groups is 1. The first-order chi connectivity index (χ1) is 10.7. The maximum Gasteiger partial charge on any atom is 0.235 e. The molecule has 0 aliphatic heterocycles. The number of nitrogens with one attached hydrogen (secondary N) is 1. The summed E-state index contributed by atoms with van der Waals surface area (Å²) in [6, 6.07) is 3.42. The molecule has 1 fully saturated rings. The van der Waals surface area contributed by atoms with E-state index in [2.05, 4.69) is 10.3 Å². The lowest BCUT2D eigenvalue weighted by Crippen LogP contribution is -2.18. The number of amides is 1. The summed E-state index contributed by atoms with van der Waals surface area (Å²) in [6.45, 7) is 0.804. The molecule has 22 heavy (non-hydrogen) atoms. The van der Waals surface area contributed by atoms with Crippen LogP contribution in [0.3, 0.4) is 0 Å². The predicted octanol–water partition coefficient (Wildman–Crippen LogP) is 3.07. The Labute approximate surface area is 136 Å². The highest BCUT2D eigenvalue weighted by Crippen LogP contribution is 2.20. The van der Waals surface area contributed by atoms with Crippen LogP contribution in [0.15, 0.2) is 18.3 Å². The van der Waals surface area contributed by atoms with Crippen molar-refractivity contribution in [3.63, 3.8) is 0 Å². The third-order valence-corrected chi connectivity index (χ3v) is 4.67. The Hall–Kier alpha value is -1.27. The Morgan fingerprint density at radius 3 is 2.91 bits per heavy atom. The number of anilines is 2. The molecule has 0 unspecified atom stereocenters. The van der Waals surface area contributed by atoms with Crippen molar-refractivity contribution in [3.8, 4) is 0 Å². The molecular weight excluding hydrogens is 298 g/mol. The number of carbonyl (C=O) groups excluding carboxylic acids is 1. The highest BCUT2D eigenvalue weighted by atomic mass is 32.2. The SMILES string of the molecule is Nc1ccc(NC(=O)CSCCCOC2CCCCC2)nc1. The van der Waals surface area contributed by atoms with Crippen LogP contribution in [0.25, 0.3) is 0 Å². The first kappa shape index (κ1) is 17.1. The Morgan fingerprint density at radius 2 is 2.18 bits per heavy atom. The number of nitrogen functional groups attached to an aromatic ring is 1. The average molecular weight is 323 g/mol. The second-order valence-corrected chi connectivity index (χ2v) is 6.67. The molecule has 1 heterocycles. The Kier molecular flexibility index (Phi) is 7.53. The third kappa shape index (κ3) is 6.66. The zero-order valence-electron chi connectivity index (χ0n) is 12.9. The second-order valence-electron chi connectivity index (χ2n) is 5.56. The molecule has 0 aromatic carbocycles. The molecule has 1 aromatic heterocycles. The van der Waals surface area contributed by atoms with Crippen molar-refractivity contribution < 1.29 is 9.53 Å². The zero-order valence-corrected chi connectivity index (χ0v) is 13.7. The van der Waals surface area contributed by atoms with Crippen molar-refractivity contribution in [2.45, 2.75) is 44.6 Å². The van der Waals surface area contributed by atoms with Gasteiger partial charge in [0.1, 0.15) is 5.82 Å². The fraction of sp³-hybridized carbons (Fsp3) is 0.625. The molecule has 0 bridgehead atoms. The van der Waals surface area contributed by atoms with Gasteiger partial charge in [0.2, 0.25) is 5.91 Å². The van der Waals surface area contributed by atoms with Crippen LogP contribution >= 0.6 is 11.8 Å². The van der Waals surface area contributed by atoms with Crippen LogP contribution in [-0.4, -0.2) is 35.1 Å². The normalized spacial score (nSPS) is 15.6. The van der Waals surface area contributed by atoms with E-state index >= 15 is 0 Å². The van der Waals surface area contributed by atoms with E-state index in [9.17, 15) is 4.79 Å². The maximum absolute atomic E-state index is 11.7. The number of pyridine rings is 1. The van der Waals surface area contributed by atoms with E-state index in [0.29, 0.717) is 23.4 Å². The van der Waals surface area contributed by atoms with E-state index in [0.717, 1.165) is 18.8 Å². The van der Waals surface area contributed by atoms with Gasteiger partial charge in [0.05, 0.1) is 23.7 Å². The molecule has 0 saturated heterocycles. The highest BCUT2D eigenvalue weighted by molar-refractivity contribution is 7.99. The predicted molar refractivity (Wildman–Crippen MR) is 92.0 cm³/mol. The lowest BCUT2D eigenvalue weighted by Gasteiger charge is -2.21. The third-order valence-electron chi connectivity index (χ3n) is 3.63. The molecule has 5 nitrogen and oxygen atoms in total. The van der Waals surface area contributed by atoms with Gasteiger partial charge in [0.15, 0.2) is 0 Å². The minimum atomic E-state index is -0.0320. The Morgan fingerprint density at radius 1 is 1.36 bits per heavy atom. The molecule has 1 aliphatic carbocycles. The van der Waals surface area contributed by atoms with Gasteiger partial charge in [-0.1, -0.05) is 19.3 Å². The van der Waals surface area contributed by atoms with Gasteiger partial charge in [0, 0.05) is 6.61 Å². The van der Waals surface area contributed by atoms with Crippen molar-refractivity contribution in [2.75, 3.05) is 29.2 Å². The van der Waals surface area contributed by atoms with Gasteiger partial charge >= 0.3 is 0 Å². The summed E-state index contributed by atoms with van der Waals surface area (Å²) < 4.78 is 5.86. The number of carbonyl (C=O) groups is 1. The summed E-state index contributed by atoms with van der Waals surface area (Å²) in [5.41, 5.74) is 6.14. The summed E-state index contributed by atoms with van der Waals surface area (Å²) in [7, 11) is 0. The Balaban J connectivity index is 1.49. The molecule has 1 aromatic rings. The smallest absolute Gasteiger partial charge is 0.235 e. The number of nitrogens with two attached hydrogens (primary N) is 1. The lowest BCUT2D eigenvalue weighted by molar-refractivity contribution is -0.113. The summed E-state index contributed by atoms with van der Waals surface area (Å²) in [5, 5.41) is 2.75. The lowest BCUT2D eigenvalue weighted by atomic mass is 9.98. The van der Waals surface area contributed by atoms with E-state index in [4.69, 9.17) is 10.5 Å². The molecule has 1 amide bonds. The Bertz CT molecular complexity index is 447. The summed E-state index contributed by atoms with van der Waals surface area (Å²) >= 11 is 1.63. The molecule has 3 N–H and O–H groups in total. The van der Waals surface area contributed by atoms with Crippen LogP contribution in [0.2, 0.25) is 0 Å². The van der Waals surface area contributed by atoms with Crippen molar-refractivity contribution in [1.29, 1.82) is 0 Å².